The molecule has 0 heterocycles. The minimum atomic E-state index is -0.215. The fraction of sp³-hybridized carbons (Fsp3) is 0.357. The maximum absolute atomic E-state index is 12.3. The smallest absolute Gasteiger partial charge is 0.258 e. The largest absolute Gasteiger partial charge is 0.507 e. The third kappa shape index (κ3) is 3.26. The first-order chi connectivity index (χ1) is 8.63. The van der Waals surface area contributed by atoms with E-state index in [-0.39, 0.29) is 17.2 Å². The zero-order valence-corrected chi connectivity index (χ0v) is 10.8. The molecule has 0 aliphatic rings. The van der Waals surface area contributed by atoms with Crippen LogP contribution in [0.4, 0.5) is 0 Å². The quantitative estimate of drug-likeness (QED) is 0.788. The van der Waals surface area contributed by atoms with Crippen molar-refractivity contribution < 1.29 is 14.6 Å². The Morgan fingerprint density at radius 1 is 1.56 bits per heavy atom. The number of phenols is 1. The van der Waals surface area contributed by atoms with E-state index in [0.29, 0.717) is 18.8 Å². The van der Waals surface area contributed by atoms with Gasteiger partial charge in [-0.2, -0.15) is 0 Å². The number of aromatic hydroxyl groups is 1. The monoisotopic (exact) mass is 249 g/mol. The first-order valence-corrected chi connectivity index (χ1v) is 5.91. The van der Waals surface area contributed by atoms with Gasteiger partial charge in [0.1, 0.15) is 11.5 Å². The van der Waals surface area contributed by atoms with Gasteiger partial charge in [0.15, 0.2) is 0 Å². The van der Waals surface area contributed by atoms with E-state index in [1.54, 1.807) is 23.1 Å². The summed E-state index contributed by atoms with van der Waals surface area (Å²) >= 11 is 0. The summed E-state index contributed by atoms with van der Waals surface area (Å²) in [6, 6.07) is 4.62. The third-order valence-electron chi connectivity index (χ3n) is 2.56. The highest BCUT2D eigenvalue weighted by Crippen LogP contribution is 2.24. The number of carbonyl (C=O) groups is 1. The molecule has 98 valence electrons. The SMILES string of the molecule is C=CCN(CCC)C(=O)c1cc(OC)ccc1O. The number of carbonyl (C=O) groups excluding carboxylic acids is 1. The number of amides is 1. The molecule has 1 N–H and O–H groups in total. The molecule has 1 rings (SSSR count). The molecule has 4 heteroatoms. The van der Waals surface area contributed by atoms with Crippen molar-refractivity contribution in [2.45, 2.75) is 13.3 Å². The molecule has 0 spiro atoms. The highest BCUT2D eigenvalue weighted by atomic mass is 16.5. The molecule has 0 unspecified atom stereocenters. The van der Waals surface area contributed by atoms with E-state index in [1.807, 2.05) is 6.92 Å². The van der Waals surface area contributed by atoms with Crippen molar-refractivity contribution in [3.8, 4) is 11.5 Å². The van der Waals surface area contributed by atoms with Gasteiger partial charge in [-0.05, 0) is 24.6 Å². The van der Waals surface area contributed by atoms with Gasteiger partial charge in [-0.1, -0.05) is 13.0 Å². The Hall–Kier alpha value is -1.97. The number of methoxy groups -OCH3 is 1. The van der Waals surface area contributed by atoms with Gasteiger partial charge >= 0.3 is 0 Å². The molecule has 1 aromatic rings. The zero-order valence-electron chi connectivity index (χ0n) is 10.8. The summed E-state index contributed by atoms with van der Waals surface area (Å²) in [5.74, 6) is 0.297. The first-order valence-electron chi connectivity index (χ1n) is 5.91. The van der Waals surface area contributed by atoms with Crippen LogP contribution in [0.3, 0.4) is 0 Å². The Kier molecular flexibility index (Phi) is 5.24. The van der Waals surface area contributed by atoms with E-state index in [0.717, 1.165) is 6.42 Å². The summed E-state index contributed by atoms with van der Waals surface area (Å²) in [4.78, 5) is 13.9. The average Bonchev–Trinajstić information content (AvgIpc) is 2.38. The summed E-state index contributed by atoms with van der Waals surface area (Å²) in [6.07, 6.45) is 2.52. The van der Waals surface area contributed by atoms with Crippen LogP contribution < -0.4 is 4.74 Å². The molecule has 0 aromatic heterocycles. The van der Waals surface area contributed by atoms with Crippen LogP contribution in [0.25, 0.3) is 0 Å². The van der Waals surface area contributed by atoms with E-state index in [9.17, 15) is 9.90 Å². The first kappa shape index (κ1) is 14.1. The van der Waals surface area contributed by atoms with Gasteiger partial charge in [0.25, 0.3) is 5.91 Å². The van der Waals surface area contributed by atoms with Gasteiger partial charge < -0.3 is 14.7 Å². The number of rotatable bonds is 6. The van der Waals surface area contributed by atoms with Gasteiger partial charge in [0.2, 0.25) is 0 Å². The van der Waals surface area contributed by atoms with E-state index >= 15 is 0 Å². The van der Waals surface area contributed by atoms with Gasteiger partial charge in [-0.3, -0.25) is 4.79 Å². The van der Waals surface area contributed by atoms with E-state index in [4.69, 9.17) is 4.74 Å². The van der Waals surface area contributed by atoms with E-state index in [1.165, 1.54) is 13.2 Å². The molecular weight excluding hydrogens is 230 g/mol. The molecule has 0 aliphatic heterocycles. The molecule has 0 aliphatic carbocycles. The second-order valence-electron chi connectivity index (χ2n) is 3.92. The Balaban J connectivity index is 3.02. The Labute approximate surface area is 107 Å². The molecular formula is C14H19NO3. The van der Waals surface area contributed by atoms with E-state index in [2.05, 4.69) is 6.58 Å². The van der Waals surface area contributed by atoms with Crippen LogP contribution in [0.1, 0.15) is 23.7 Å². The standard InChI is InChI=1S/C14H19NO3/c1-4-8-15(9-5-2)14(17)12-10-11(18-3)6-7-13(12)16/h4,6-7,10,16H,1,5,8-9H2,2-3H3. The minimum Gasteiger partial charge on any atom is -0.507 e. The average molecular weight is 249 g/mol. The van der Waals surface area contributed by atoms with Crippen molar-refractivity contribution >= 4 is 5.91 Å². The molecule has 1 amide bonds. The summed E-state index contributed by atoms with van der Waals surface area (Å²) in [5.41, 5.74) is 0.254. The molecule has 18 heavy (non-hydrogen) atoms. The predicted molar refractivity (Wildman–Crippen MR) is 71.1 cm³/mol. The number of benzene rings is 1. The van der Waals surface area contributed by atoms with Crippen LogP contribution in [-0.2, 0) is 0 Å². The Bertz CT molecular complexity index is 429. The van der Waals surface area contributed by atoms with Crippen LogP contribution in [0.5, 0.6) is 11.5 Å². The summed E-state index contributed by atoms with van der Waals surface area (Å²) < 4.78 is 5.06. The molecule has 0 saturated heterocycles. The summed E-state index contributed by atoms with van der Waals surface area (Å²) in [5, 5.41) is 9.76. The van der Waals surface area contributed by atoms with Crippen LogP contribution in [0.15, 0.2) is 30.9 Å². The van der Waals surface area contributed by atoms with Crippen molar-refractivity contribution in [2.24, 2.45) is 0 Å². The lowest BCUT2D eigenvalue weighted by Gasteiger charge is -2.21. The number of hydrogen-bond acceptors (Lipinski definition) is 3. The van der Waals surface area contributed by atoms with Crippen molar-refractivity contribution in [2.75, 3.05) is 20.2 Å². The van der Waals surface area contributed by atoms with Crippen molar-refractivity contribution in [1.82, 2.24) is 4.90 Å². The Morgan fingerprint density at radius 2 is 2.28 bits per heavy atom. The number of ether oxygens (including phenoxy) is 1. The third-order valence-corrected chi connectivity index (χ3v) is 2.56. The fourth-order valence-corrected chi connectivity index (χ4v) is 1.69. The van der Waals surface area contributed by atoms with Crippen molar-refractivity contribution in [3.63, 3.8) is 0 Å². The zero-order chi connectivity index (χ0) is 13.5. The number of nitrogens with zero attached hydrogens (tertiary/aromatic N) is 1. The molecule has 0 fully saturated rings. The Morgan fingerprint density at radius 3 is 2.83 bits per heavy atom. The lowest BCUT2D eigenvalue weighted by Crippen LogP contribution is -2.31. The molecule has 1 aromatic carbocycles. The summed E-state index contributed by atoms with van der Waals surface area (Å²) in [7, 11) is 1.52. The van der Waals surface area contributed by atoms with Crippen LogP contribution >= 0.6 is 0 Å². The second kappa shape index (κ2) is 6.69. The highest BCUT2D eigenvalue weighted by molar-refractivity contribution is 5.97. The van der Waals surface area contributed by atoms with Crippen LogP contribution in [0, 0.1) is 0 Å². The maximum Gasteiger partial charge on any atom is 0.258 e. The van der Waals surface area contributed by atoms with Crippen molar-refractivity contribution in [1.29, 1.82) is 0 Å². The number of hydrogen-bond donors (Lipinski definition) is 1. The van der Waals surface area contributed by atoms with Gasteiger partial charge in [0, 0.05) is 13.1 Å². The number of phenolic OH excluding ortho intramolecular Hbond substituents is 1. The minimum absolute atomic E-state index is 0.0361. The van der Waals surface area contributed by atoms with Crippen LogP contribution in [0.2, 0.25) is 0 Å². The lowest BCUT2D eigenvalue weighted by atomic mass is 10.1. The topological polar surface area (TPSA) is 49.8 Å². The second-order valence-corrected chi connectivity index (χ2v) is 3.92. The molecule has 4 nitrogen and oxygen atoms in total. The van der Waals surface area contributed by atoms with Gasteiger partial charge in [0.05, 0.1) is 12.7 Å². The predicted octanol–water partition coefficient (Wildman–Crippen LogP) is 2.44. The van der Waals surface area contributed by atoms with E-state index < -0.39 is 0 Å². The molecule has 0 saturated carbocycles. The molecule has 0 bridgehead atoms. The molecule has 0 atom stereocenters. The summed E-state index contributed by atoms with van der Waals surface area (Å²) in [6.45, 7) is 6.72. The van der Waals surface area contributed by atoms with Gasteiger partial charge in [-0.25, -0.2) is 0 Å². The normalized spacial score (nSPS) is 9.89. The van der Waals surface area contributed by atoms with Gasteiger partial charge in [-0.15, -0.1) is 6.58 Å². The molecule has 0 radical (unpaired) electrons. The van der Waals surface area contributed by atoms with Crippen molar-refractivity contribution in [3.05, 3.63) is 36.4 Å². The fourth-order valence-electron chi connectivity index (χ4n) is 1.69. The van der Waals surface area contributed by atoms with Crippen LogP contribution in [-0.4, -0.2) is 36.1 Å². The lowest BCUT2D eigenvalue weighted by molar-refractivity contribution is 0.0770. The highest BCUT2D eigenvalue weighted by Gasteiger charge is 2.18. The maximum atomic E-state index is 12.3.